The standard InChI is InChI=1S/C29H48ClNO4Si/c1-21(11-14-25(19-23(30)15-18-32)35-36(5,6)28(2,3)4)26-10-8-17-29(26)16-7-9-24-13-12-22(27(33)34)20-31(24)29/h11-12,14,19,21,24-26,32H,7-10,13,15-18,20H2,1-6H3,(H,33,34)/b14-11+,23-19-/t21-,24+,25+,26+,29+/m0/s1. The predicted molar refractivity (Wildman–Crippen MR) is 151 cm³/mol. The first-order valence-electron chi connectivity index (χ1n) is 13.8. The van der Waals surface area contributed by atoms with E-state index in [9.17, 15) is 15.0 Å². The van der Waals surface area contributed by atoms with Crippen molar-refractivity contribution in [1.29, 1.82) is 0 Å². The minimum atomic E-state index is -2.03. The van der Waals surface area contributed by atoms with E-state index in [4.69, 9.17) is 16.0 Å². The Morgan fingerprint density at radius 2 is 1.94 bits per heavy atom. The minimum Gasteiger partial charge on any atom is -0.478 e. The van der Waals surface area contributed by atoms with E-state index < -0.39 is 14.3 Å². The van der Waals surface area contributed by atoms with Crippen LogP contribution in [0, 0.1) is 11.8 Å². The van der Waals surface area contributed by atoms with Crippen molar-refractivity contribution in [3.05, 3.63) is 34.9 Å². The number of carboxylic acids is 1. The van der Waals surface area contributed by atoms with Crippen LogP contribution >= 0.6 is 11.6 Å². The van der Waals surface area contributed by atoms with Gasteiger partial charge in [0.05, 0.1) is 6.10 Å². The Kier molecular flexibility index (Phi) is 9.76. The quantitative estimate of drug-likeness (QED) is 0.248. The van der Waals surface area contributed by atoms with Gasteiger partial charge in [-0.1, -0.05) is 70.4 Å². The van der Waals surface area contributed by atoms with Crippen molar-refractivity contribution in [2.75, 3.05) is 13.2 Å². The van der Waals surface area contributed by atoms with Crippen molar-refractivity contribution < 1.29 is 19.4 Å². The average Bonchev–Trinajstić information content (AvgIpc) is 3.20. The molecule has 2 fully saturated rings. The molecule has 0 amide bonds. The molecule has 3 rings (SSSR count). The summed E-state index contributed by atoms with van der Waals surface area (Å²) in [5.74, 6) is 0.0740. The first kappa shape index (κ1) is 29.6. The summed E-state index contributed by atoms with van der Waals surface area (Å²) in [5, 5.41) is 19.7. The zero-order valence-electron chi connectivity index (χ0n) is 23.2. The van der Waals surface area contributed by atoms with Crippen LogP contribution in [-0.4, -0.2) is 60.2 Å². The lowest BCUT2D eigenvalue weighted by atomic mass is 9.70. The van der Waals surface area contributed by atoms with Crippen molar-refractivity contribution in [2.45, 2.75) is 115 Å². The molecule has 1 saturated carbocycles. The number of hydrogen-bond donors (Lipinski definition) is 2. The Bertz CT molecular complexity index is 877. The molecule has 1 saturated heterocycles. The molecular weight excluding hydrogens is 490 g/mol. The van der Waals surface area contributed by atoms with Crippen LogP contribution in [0.2, 0.25) is 18.1 Å². The minimum absolute atomic E-state index is 0.0244. The molecule has 0 unspecified atom stereocenters. The predicted octanol–water partition coefficient (Wildman–Crippen LogP) is 6.88. The molecule has 2 aliphatic heterocycles. The van der Waals surface area contributed by atoms with Crippen molar-refractivity contribution in [2.24, 2.45) is 11.8 Å². The highest BCUT2D eigenvalue weighted by atomic mass is 35.5. The van der Waals surface area contributed by atoms with E-state index in [2.05, 4.69) is 57.8 Å². The number of carboxylic acid groups (broad SMARTS) is 1. The van der Waals surface area contributed by atoms with Gasteiger partial charge >= 0.3 is 5.97 Å². The van der Waals surface area contributed by atoms with Gasteiger partial charge in [0.25, 0.3) is 0 Å². The van der Waals surface area contributed by atoms with Crippen LogP contribution in [0.1, 0.15) is 79.1 Å². The summed E-state index contributed by atoms with van der Waals surface area (Å²) in [6, 6.07) is 0.466. The van der Waals surface area contributed by atoms with Gasteiger partial charge in [-0.3, -0.25) is 4.90 Å². The van der Waals surface area contributed by atoms with Crippen molar-refractivity contribution >= 4 is 25.9 Å². The average molecular weight is 538 g/mol. The number of halogens is 1. The number of aliphatic carboxylic acids is 1. The summed E-state index contributed by atoms with van der Waals surface area (Å²) in [6.45, 7) is 14.1. The lowest BCUT2D eigenvalue weighted by molar-refractivity contribution is -0.134. The number of rotatable bonds is 9. The molecule has 5 atom stereocenters. The Hall–Kier alpha value is -0.923. The number of allylic oxidation sites excluding steroid dienone is 1. The van der Waals surface area contributed by atoms with Gasteiger partial charge in [0.15, 0.2) is 8.32 Å². The molecule has 0 radical (unpaired) electrons. The van der Waals surface area contributed by atoms with E-state index in [1.54, 1.807) is 0 Å². The van der Waals surface area contributed by atoms with Crippen LogP contribution in [0.15, 0.2) is 34.9 Å². The van der Waals surface area contributed by atoms with Crippen molar-refractivity contribution in [3.63, 3.8) is 0 Å². The summed E-state index contributed by atoms with van der Waals surface area (Å²) >= 11 is 6.44. The Balaban J connectivity index is 1.84. The number of piperidine rings is 1. The Labute approximate surface area is 224 Å². The highest BCUT2D eigenvalue weighted by Gasteiger charge is 2.52. The summed E-state index contributed by atoms with van der Waals surface area (Å²) in [6.07, 6.45) is 16.6. The molecule has 204 valence electrons. The fourth-order valence-electron chi connectivity index (χ4n) is 6.45. The summed E-state index contributed by atoms with van der Waals surface area (Å²) in [5.41, 5.74) is 0.648. The van der Waals surface area contributed by atoms with Crippen molar-refractivity contribution in [3.8, 4) is 0 Å². The zero-order chi connectivity index (χ0) is 26.7. The first-order valence-corrected chi connectivity index (χ1v) is 17.1. The number of carbonyl (C=O) groups is 1. The molecule has 7 heteroatoms. The van der Waals surface area contributed by atoms with Crippen LogP contribution in [-0.2, 0) is 9.22 Å². The number of hydrogen-bond acceptors (Lipinski definition) is 4. The second-order valence-electron chi connectivity index (χ2n) is 12.7. The second kappa shape index (κ2) is 11.9. The van der Waals surface area contributed by atoms with E-state index >= 15 is 0 Å². The first-order chi connectivity index (χ1) is 16.8. The number of aliphatic hydroxyl groups is 1. The molecule has 3 aliphatic rings. The van der Waals surface area contributed by atoms with E-state index in [0.717, 1.165) is 19.3 Å². The van der Waals surface area contributed by atoms with E-state index in [0.29, 0.717) is 41.4 Å². The fourth-order valence-corrected chi connectivity index (χ4v) is 7.84. The topological polar surface area (TPSA) is 70.0 Å². The van der Waals surface area contributed by atoms with Gasteiger partial charge in [0.1, 0.15) is 0 Å². The van der Waals surface area contributed by atoms with E-state index in [-0.39, 0.29) is 23.3 Å². The van der Waals surface area contributed by atoms with Gasteiger partial charge in [0.2, 0.25) is 0 Å². The van der Waals surface area contributed by atoms with Crippen LogP contribution in [0.4, 0.5) is 0 Å². The smallest absolute Gasteiger partial charge is 0.332 e. The molecular formula is C29H48ClNO4Si. The van der Waals surface area contributed by atoms with Gasteiger partial charge in [0, 0.05) is 41.8 Å². The molecule has 36 heavy (non-hydrogen) atoms. The molecule has 1 aliphatic carbocycles. The fraction of sp³-hybridized carbons (Fsp3) is 0.759. The van der Waals surface area contributed by atoms with Crippen LogP contribution < -0.4 is 0 Å². The number of fused-ring (bicyclic) bond motifs is 2. The Morgan fingerprint density at radius 3 is 2.56 bits per heavy atom. The third-order valence-electron chi connectivity index (χ3n) is 9.40. The Morgan fingerprint density at radius 1 is 1.28 bits per heavy atom. The van der Waals surface area contributed by atoms with Crippen LogP contribution in [0.25, 0.3) is 0 Å². The maximum Gasteiger partial charge on any atom is 0.332 e. The number of aliphatic hydroxyl groups excluding tert-OH is 1. The normalized spacial score (nSPS) is 29.9. The maximum absolute atomic E-state index is 11.8. The van der Waals surface area contributed by atoms with Crippen molar-refractivity contribution in [1.82, 2.24) is 4.90 Å². The summed E-state index contributed by atoms with van der Waals surface area (Å²) in [7, 11) is -2.03. The van der Waals surface area contributed by atoms with Gasteiger partial charge in [-0.05, 0) is 68.1 Å². The van der Waals surface area contributed by atoms with Gasteiger partial charge in [-0.15, -0.1) is 0 Å². The molecule has 0 aromatic rings. The van der Waals surface area contributed by atoms with E-state index in [1.165, 1.54) is 25.7 Å². The van der Waals surface area contributed by atoms with Crippen LogP contribution in [0.3, 0.4) is 0 Å². The highest BCUT2D eigenvalue weighted by molar-refractivity contribution is 6.74. The van der Waals surface area contributed by atoms with Gasteiger partial charge in [-0.2, -0.15) is 0 Å². The SMILES string of the molecule is C[C@@H](/C=C/[C@H](/C=C(\Cl)CCO)O[Si](C)(C)C(C)(C)C)[C@H]1CCC[C@]12CCC[C@@H]1CC=C(C(=O)O)CN12. The lowest BCUT2D eigenvalue weighted by Gasteiger charge is -2.55. The molecule has 0 aromatic carbocycles. The second-order valence-corrected chi connectivity index (χ2v) is 18.0. The molecule has 0 bridgehead atoms. The van der Waals surface area contributed by atoms with Gasteiger partial charge < -0.3 is 14.6 Å². The third kappa shape index (κ3) is 6.55. The molecule has 2 N–H and O–H groups in total. The maximum atomic E-state index is 11.8. The third-order valence-corrected chi connectivity index (χ3v) is 14.2. The molecule has 5 nitrogen and oxygen atoms in total. The molecule has 1 spiro atoms. The lowest BCUT2D eigenvalue weighted by Crippen LogP contribution is -2.61. The van der Waals surface area contributed by atoms with Gasteiger partial charge in [-0.25, -0.2) is 4.79 Å². The largest absolute Gasteiger partial charge is 0.478 e. The summed E-state index contributed by atoms with van der Waals surface area (Å²) < 4.78 is 6.72. The molecule has 2 heterocycles. The zero-order valence-corrected chi connectivity index (χ0v) is 25.0. The van der Waals surface area contributed by atoms with E-state index in [1.807, 2.05) is 12.2 Å². The highest BCUT2D eigenvalue weighted by Crippen LogP contribution is 2.52. The summed E-state index contributed by atoms with van der Waals surface area (Å²) in [4.78, 5) is 14.4. The molecule has 0 aromatic heterocycles. The monoisotopic (exact) mass is 537 g/mol. The van der Waals surface area contributed by atoms with Crippen LogP contribution in [0.5, 0.6) is 0 Å². The number of nitrogens with zero attached hydrogens (tertiary/aromatic N) is 1.